The fourth-order valence-electron chi connectivity index (χ4n) is 2.91. The third-order valence-electron chi connectivity index (χ3n) is 4.49. The van der Waals surface area contributed by atoms with Crippen LogP contribution in [0.4, 0.5) is 4.79 Å². The van der Waals surface area contributed by atoms with Crippen LogP contribution in [0.25, 0.3) is 0 Å². The van der Waals surface area contributed by atoms with Crippen LogP contribution in [0.5, 0.6) is 0 Å². The Kier molecular flexibility index (Phi) is 8.60. The number of thioether (sulfide) groups is 1. The summed E-state index contributed by atoms with van der Waals surface area (Å²) in [6, 6.07) is 8.31. The van der Waals surface area contributed by atoms with Gasteiger partial charge in [-0.2, -0.15) is 11.8 Å². The van der Waals surface area contributed by atoms with Crippen LogP contribution in [-0.2, 0) is 16.0 Å². The summed E-state index contributed by atoms with van der Waals surface area (Å²) in [6.45, 7) is 0.206. The predicted octanol–water partition coefficient (Wildman–Crippen LogP) is 1.16. The fraction of sp³-hybridized carbons (Fsp3) is 0.526. The lowest BCUT2D eigenvalue weighted by Gasteiger charge is -2.16. The molecule has 0 radical (unpaired) electrons. The standard InChI is InChI=1S/C19H27N3O4S/c1-27-12-10-15(13-23)20-17(24)8-7-16-18(25)22(19(26)21-16)11-9-14-5-3-2-4-6-14/h2-6,15-16,23H,7-13H2,1H3,(H,20,24)(H,21,26)/t15-,16+/m0/s1. The first-order chi connectivity index (χ1) is 13.0. The van der Waals surface area contributed by atoms with Crippen molar-refractivity contribution < 1.29 is 19.5 Å². The maximum absolute atomic E-state index is 12.4. The molecule has 3 N–H and O–H groups in total. The fourth-order valence-corrected chi connectivity index (χ4v) is 3.43. The maximum Gasteiger partial charge on any atom is 0.324 e. The normalized spacial score (nSPS) is 17.7. The predicted molar refractivity (Wildman–Crippen MR) is 105 cm³/mol. The van der Waals surface area contributed by atoms with Gasteiger partial charge in [0.15, 0.2) is 0 Å². The van der Waals surface area contributed by atoms with E-state index >= 15 is 0 Å². The molecule has 1 aliphatic heterocycles. The van der Waals surface area contributed by atoms with E-state index in [1.807, 2.05) is 36.6 Å². The molecule has 148 valence electrons. The molecular formula is C19H27N3O4S. The molecule has 1 aliphatic rings. The molecule has 1 aromatic rings. The van der Waals surface area contributed by atoms with Crippen LogP contribution in [0.1, 0.15) is 24.8 Å². The van der Waals surface area contributed by atoms with Gasteiger partial charge in [0.2, 0.25) is 5.91 Å². The number of nitrogens with zero attached hydrogens (tertiary/aromatic N) is 1. The smallest absolute Gasteiger partial charge is 0.324 e. The average molecular weight is 394 g/mol. The van der Waals surface area contributed by atoms with Crippen LogP contribution in [-0.4, -0.2) is 65.1 Å². The number of benzene rings is 1. The van der Waals surface area contributed by atoms with Gasteiger partial charge >= 0.3 is 6.03 Å². The Bertz CT molecular complexity index is 641. The van der Waals surface area contributed by atoms with E-state index in [0.29, 0.717) is 19.4 Å². The summed E-state index contributed by atoms with van der Waals surface area (Å²) < 4.78 is 0. The number of aliphatic hydroxyl groups is 1. The van der Waals surface area contributed by atoms with Gasteiger partial charge in [-0.15, -0.1) is 0 Å². The topological polar surface area (TPSA) is 98.7 Å². The van der Waals surface area contributed by atoms with Gasteiger partial charge in [0.05, 0.1) is 12.6 Å². The molecule has 8 heteroatoms. The lowest BCUT2D eigenvalue weighted by atomic mass is 10.1. The van der Waals surface area contributed by atoms with Crippen molar-refractivity contribution in [1.29, 1.82) is 0 Å². The van der Waals surface area contributed by atoms with Crippen molar-refractivity contribution >= 4 is 29.6 Å². The van der Waals surface area contributed by atoms with Crippen LogP contribution in [0.3, 0.4) is 0 Å². The van der Waals surface area contributed by atoms with E-state index in [1.54, 1.807) is 11.8 Å². The Morgan fingerprint density at radius 3 is 2.74 bits per heavy atom. The summed E-state index contributed by atoms with van der Waals surface area (Å²) in [6.07, 6.45) is 3.63. The Balaban J connectivity index is 1.77. The molecule has 0 aliphatic carbocycles. The molecule has 1 aromatic carbocycles. The number of urea groups is 1. The number of carbonyl (C=O) groups excluding carboxylic acids is 3. The van der Waals surface area contributed by atoms with Crippen molar-refractivity contribution in [3.05, 3.63) is 35.9 Å². The SMILES string of the molecule is CSCC[C@@H](CO)NC(=O)CC[C@H]1NC(=O)N(CCc2ccccc2)C1=O. The first kappa shape index (κ1) is 21.2. The Morgan fingerprint density at radius 2 is 2.07 bits per heavy atom. The van der Waals surface area contributed by atoms with Crippen molar-refractivity contribution in [1.82, 2.24) is 15.5 Å². The summed E-state index contributed by atoms with van der Waals surface area (Å²) in [5.74, 6) is 0.337. The van der Waals surface area contributed by atoms with Gasteiger partial charge in [0.1, 0.15) is 6.04 Å². The molecule has 27 heavy (non-hydrogen) atoms. The second-order valence-corrected chi connectivity index (χ2v) is 7.48. The Hall–Kier alpha value is -2.06. The Morgan fingerprint density at radius 1 is 1.33 bits per heavy atom. The average Bonchev–Trinajstić information content (AvgIpc) is 2.95. The van der Waals surface area contributed by atoms with Gasteiger partial charge in [0.25, 0.3) is 5.91 Å². The van der Waals surface area contributed by atoms with Crippen LogP contribution in [0.15, 0.2) is 30.3 Å². The molecule has 0 aromatic heterocycles. The number of hydrogen-bond acceptors (Lipinski definition) is 5. The minimum Gasteiger partial charge on any atom is -0.394 e. The van der Waals surface area contributed by atoms with E-state index in [9.17, 15) is 19.5 Å². The van der Waals surface area contributed by atoms with Crippen molar-refractivity contribution in [2.45, 2.75) is 37.8 Å². The zero-order chi connectivity index (χ0) is 19.6. The lowest BCUT2D eigenvalue weighted by molar-refractivity contribution is -0.127. The van der Waals surface area contributed by atoms with E-state index in [2.05, 4.69) is 10.6 Å². The summed E-state index contributed by atoms with van der Waals surface area (Å²) >= 11 is 1.65. The van der Waals surface area contributed by atoms with E-state index < -0.39 is 12.1 Å². The molecule has 1 saturated heterocycles. The number of amides is 4. The molecule has 1 heterocycles. The van der Waals surface area contributed by atoms with E-state index in [4.69, 9.17) is 0 Å². The minimum absolute atomic E-state index is 0.112. The van der Waals surface area contributed by atoms with Gasteiger partial charge in [-0.25, -0.2) is 4.79 Å². The van der Waals surface area contributed by atoms with Crippen molar-refractivity contribution in [2.24, 2.45) is 0 Å². The molecule has 1 fully saturated rings. The van der Waals surface area contributed by atoms with Crippen LogP contribution < -0.4 is 10.6 Å². The van der Waals surface area contributed by atoms with Gasteiger partial charge in [-0.3, -0.25) is 14.5 Å². The molecule has 2 atom stereocenters. The summed E-state index contributed by atoms with van der Waals surface area (Å²) in [7, 11) is 0. The van der Waals surface area contributed by atoms with E-state index in [-0.39, 0.29) is 37.3 Å². The first-order valence-corrected chi connectivity index (χ1v) is 10.5. The number of imide groups is 1. The highest BCUT2D eigenvalue weighted by Gasteiger charge is 2.37. The van der Waals surface area contributed by atoms with E-state index in [0.717, 1.165) is 11.3 Å². The minimum atomic E-state index is -0.669. The third-order valence-corrected chi connectivity index (χ3v) is 5.13. The number of aliphatic hydroxyl groups excluding tert-OH is 1. The zero-order valence-electron chi connectivity index (χ0n) is 15.5. The van der Waals surface area contributed by atoms with Crippen molar-refractivity contribution in [2.75, 3.05) is 25.2 Å². The molecule has 0 unspecified atom stereocenters. The molecule has 4 amide bonds. The van der Waals surface area contributed by atoms with Crippen LogP contribution >= 0.6 is 11.8 Å². The summed E-state index contributed by atoms with van der Waals surface area (Å²) in [4.78, 5) is 37.8. The highest BCUT2D eigenvalue weighted by atomic mass is 32.2. The first-order valence-electron chi connectivity index (χ1n) is 9.10. The van der Waals surface area contributed by atoms with Gasteiger partial charge in [0, 0.05) is 13.0 Å². The molecule has 0 bridgehead atoms. The second-order valence-electron chi connectivity index (χ2n) is 6.49. The third kappa shape index (κ3) is 6.55. The summed E-state index contributed by atoms with van der Waals surface area (Å²) in [5, 5.41) is 14.7. The van der Waals surface area contributed by atoms with Crippen molar-refractivity contribution in [3.8, 4) is 0 Å². The number of hydrogen-bond donors (Lipinski definition) is 3. The highest BCUT2D eigenvalue weighted by Crippen LogP contribution is 2.13. The number of rotatable bonds is 11. The molecular weight excluding hydrogens is 366 g/mol. The van der Waals surface area contributed by atoms with Crippen LogP contribution in [0.2, 0.25) is 0 Å². The highest BCUT2D eigenvalue weighted by molar-refractivity contribution is 7.98. The monoisotopic (exact) mass is 393 g/mol. The molecule has 2 rings (SSSR count). The largest absolute Gasteiger partial charge is 0.394 e. The Labute approximate surface area is 163 Å². The quantitative estimate of drug-likeness (QED) is 0.490. The lowest BCUT2D eigenvalue weighted by Crippen LogP contribution is -2.39. The maximum atomic E-state index is 12.4. The summed E-state index contributed by atoms with van der Waals surface area (Å²) in [5.41, 5.74) is 1.06. The molecule has 7 nitrogen and oxygen atoms in total. The zero-order valence-corrected chi connectivity index (χ0v) is 16.3. The number of nitrogens with one attached hydrogen (secondary N) is 2. The van der Waals surface area contributed by atoms with Gasteiger partial charge in [-0.05, 0) is 36.8 Å². The van der Waals surface area contributed by atoms with Gasteiger partial charge in [-0.1, -0.05) is 30.3 Å². The van der Waals surface area contributed by atoms with Crippen molar-refractivity contribution in [3.63, 3.8) is 0 Å². The number of carbonyl (C=O) groups is 3. The van der Waals surface area contributed by atoms with E-state index in [1.165, 1.54) is 4.90 Å². The molecule has 0 saturated carbocycles. The molecule has 0 spiro atoms. The second kappa shape index (κ2) is 10.9. The van der Waals surface area contributed by atoms with Gasteiger partial charge < -0.3 is 15.7 Å². The van der Waals surface area contributed by atoms with Crippen LogP contribution in [0, 0.1) is 0 Å².